The van der Waals surface area contributed by atoms with Crippen molar-refractivity contribution in [2.45, 2.75) is 0 Å². The van der Waals surface area contributed by atoms with E-state index in [-0.39, 0.29) is 5.75 Å². The minimum atomic E-state index is 0.255. The summed E-state index contributed by atoms with van der Waals surface area (Å²) in [5, 5.41) is 10.6. The second-order valence-electron chi connectivity index (χ2n) is 3.69. The molecule has 1 aromatic heterocycles. The fourth-order valence-electron chi connectivity index (χ4n) is 1.85. The predicted octanol–water partition coefficient (Wildman–Crippen LogP) is 3.81. The van der Waals surface area contributed by atoms with Gasteiger partial charge in [-0.2, -0.15) is 0 Å². The molecule has 2 nitrogen and oxygen atoms in total. The molecule has 2 aromatic carbocycles. The molecule has 0 aliphatic rings. The number of hydrogen-bond donors (Lipinski definition) is 1. The highest BCUT2D eigenvalue weighted by Gasteiger charge is 2.06. The number of aromatic hydroxyl groups is 1. The zero-order valence-corrected chi connectivity index (χ0v) is 8.55. The number of hydrogen-bond acceptors (Lipinski definition) is 2. The predicted molar refractivity (Wildman–Crippen MR) is 63.3 cm³/mol. The van der Waals surface area contributed by atoms with Gasteiger partial charge in [-0.15, -0.1) is 0 Å². The molecule has 0 aliphatic carbocycles. The van der Waals surface area contributed by atoms with Crippen LogP contribution in [0.25, 0.3) is 22.1 Å². The Labute approximate surface area is 92.8 Å². The first-order valence-electron chi connectivity index (χ1n) is 5.10. The largest absolute Gasteiger partial charge is 0.507 e. The van der Waals surface area contributed by atoms with Crippen molar-refractivity contribution in [3.8, 4) is 16.9 Å². The monoisotopic (exact) mass is 210 g/mol. The van der Waals surface area contributed by atoms with Crippen LogP contribution in [-0.4, -0.2) is 5.11 Å². The van der Waals surface area contributed by atoms with Crippen molar-refractivity contribution in [1.29, 1.82) is 0 Å². The highest BCUT2D eigenvalue weighted by Crippen LogP contribution is 2.32. The van der Waals surface area contributed by atoms with Gasteiger partial charge in [-0.25, -0.2) is 0 Å². The molecule has 0 unspecified atom stereocenters. The summed E-state index contributed by atoms with van der Waals surface area (Å²) in [5.74, 6) is 0.255. The molecule has 16 heavy (non-hydrogen) atoms. The molecule has 2 heteroatoms. The van der Waals surface area contributed by atoms with E-state index in [9.17, 15) is 5.11 Å². The Morgan fingerprint density at radius 2 is 1.69 bits per heavy atom. The van der Waals surface area contributed by atoms with Gasteiger partial charge in [0.05, 0.1) is 11.6 Å². The average Bonchev–Trinajstić information content (AvgIpc) is 2.79. The van der Waals surface area contributed by atoms with E-state index < -0.39 is 0 Å². The van der Waals surface area contributed by atoms with Gasteiger partial charge in [0.25, 0.3) is 0 Å². The van der Waals surface area contributed by atoms with Crippen molar-refractivity contribution in [3.63, 3.8) is 0 Å². The molecule has 0 spiro atoms. The highest BCUT2D eigenvalue weighted by molar-refractivity contribution is 5.88. The zero-order chi connectivity index (χ0) is 11.0. The molecule has 0 fully saturated rings. The molecule has 0 radical (unpaired) electrons. The Hall–Kier alpha value is -2.22. The minimum Gasteiger partial charge on any atom is -0.507 e. The third-order valence-corrected chi connectivity index (χ3v) is 2.66. The standard InChI is InChI=1S/C14H10O2/c15-13-8-11(10-4-2-1-3-5-10)9-14-12(13)6-7-16-14/h1-9,15H. The lowest BCUT2D eigenvalue weighted by Gasteiger charge is -2.02. The third-order valence-electron chi connectivity index (χ3n) is 2.66. The third kappa shape index (κ3) is 1.36. The average molecular weight is 210 g/mol. The Kier molecular flexibility index (Phi) is 1.93. The van der Waals surface area contributed by atoms with Crippen molar-refractivity contribution in [1.82, 2.24) is 0 Å². The lowest BCUT2D eigenvalue weighted by Crippen LogP contribution is -1.77. The number of phenolic OH excluding ortho intramolecular Hbond substituents is 1. The maximum absolute atomic E-state index is 9.84. The molecule has 3 rings (SSSR count). The summed E-state index contributed by atoms with van der Waals surface area (Å²) in [6.07, 6.45) is 1.58. The molecule has 0 saturated carbocycles. The number of fused-ring (bicyclic) bond motifs is 1. The summed E-state index contributed by atoms with van der Waals surface area (Å²) in [5.41, 5.74) is 2.73. The molecule has 3 aromatic rings. The molecule has 0 aliphatic heterocycles. The fourth-order valence-corrected chi connectivity index (χ4v) is 1.85. The van der Waals surface area contributed by atoms with Crippen LogP contribution in [0.2, 0.25) is 0 Å². The van der Waals surface area contributed by atoms with Gasteiger partial charge < -0.3 is 9.52 Å². The van der Waals surface area contributed by atoms with E-state index >= 15 is 0 Å². The van der Waals surface area contributed by atoms with Crippen LogP contribution in [0, 0.1) is 0 Å². The van der Waals surface area contributed by atoms with Crippen LogP contribution in [0.4, 0.5) is 0 Å². The Balaban J connectivity index is 2.25. The van der Waals surface area contributed by atoms with Gasteiger partial charge in [-0.05, 0) is 29.3 Å². The molecule has 0 atom stereocenters. The molecule has 78 valence electrons. The number of phenols is 1. The first-order valence-corrected chi connectivity index (χ1v) is 5.10. The van der Waals surface area contributed by atoms with Crippen LogP contribution < -0.4 is 0 Å². The van der Waals surface area contributed by atoms with Crippen molar-refractivity contribution in [2.75, 3.05) is 0 Å². The summed E-state index contributed by atoms with van der Waals surface area (Å²) in [6, 6.07) is 15.4. The number of furan rings is 1. The van der Waals surface area contributed by atoms with Gasteiger partial charge in [0.15, 0.2) is 0 Å². The van der Waals surface area contributed by atoms with Gasteiger partial charge in [0.2, 0.25) is 0 Å². The van der Waals surface area contributed by atoms with E-state index in [1.807, 2.05) is 36.4 Å². The van der Waals surface area contributed by atoms with Crippen LogP contribution in [-0.2, 0) is 0 Å². The Morgan fingerprint density at radius 3 is 2.50 bits per heavy atom. The highest BCUT2D eigenvalue weighted by atomic mass is 16.3. The maximum atomic E-state index is 9.84. The Bertz CT molecular complexity index is 624. The van der Waals surface area contributed by atoms with E-state index in [0.717, 1.165) is 16.5 Å². The summed E-state index contributed by atoms with van der Waals surface area (Å²) >= 11 is 0. The van der Waals surface area contributed by atoms with Crippen molar-refractivity contribution >= 4 is 11.0 Å². The van der Waals surface area contributed by atoms with Crippen LogP contribution >= 0.6 is 0 Å². The number of benzene rings is 2. The zero-order valence-electron chi connectivity index (χ0n) is 8.55. The topological polar surface area (TPSA) is 33.4 Å². The lowest BCUT2D eigenvalue weighted by molar-refractivity contribution is 0.481. The normalized spacial score (nSPS) is 10.8. The lowest BCUT2D eigenvalue weighted by atomic mass is 10.0. The summed E-state index contributed by atoms with van der Waals surface area (Å²) in [6.45, 7) is 0. The van der Waals surface area contributed by atoms with Gasteiger partial charge in [0, 0.05) is 0 Å². The van der Waals surface area contributed by atoms with Crippen molar-refractivity contribution in [3.05, 3.63) is 54.8 Å². The van der Waals surface area contributed by atoms with Crippen molar-refractivity contribution < 1.29 is 9.52 Å². The van der Waals surface area contributed by atoms with E-state index in [4.69, 9.17) is 4.42 Å². The first kappa shape index (κ1) is 9.04. The van der Waals surface area contributed by atoms with Crippen LogP contribution in [0.5, 0.6) is 5.75 Å². The molecule has 1 heterocycles. The van der Waals surface area contributed by atoms with Gasteiger partial charge >= 0.3 is 0 Å². The Morgan fingerprint density at radius 1 is 0.875 bits per heavy atom. The van der Waals surface area contributed by atoms with E-state index in [2.05, 4.69) is 0 Å². The smallest absolute Gasteiger partial charge is 0.138 e. The van der Waals surface area contributed by atoms with E-state index in [1.165, 1.54) is 0 Å². The van der Waals surface area contributed by atoms with Crippen LogP contribution in [0.15, 0.2) is 59.2 Å². The van der Waals surface area contributed by atoms with Gasteiger partial charge in [0.1, 0.15) is 11.3 Å². The minimum absolute atomic E-state index is 0.255. The molecule has 1 N–H and O–H groups in total. The van der Waals surface area contributed by atoms with Gasteiger partial charge in [-0.3, -0.25) is 0 Å². The SMILES string of the molecule is Oc1cc(-c2ccccc2)cc2occc12. The molecular weight excluding hydrogens is 200 g/mol. The second kappa shape index (κ2) is 3.42. The molecule has 0 saturated heterocycles. The quantitative estimate of drug-likeness (QED) is 0.662. The fraction of sp³-hybridized carbons (Fsp3) is 0. The number of rotatable bonds is 1. The van der Waals surface area contributed by atoms with Crippen molar-refractivity contribution in [2.24, 2.45) is 0 Å². The maximum Gasteiger partial charge on any atom is 0.138 e. The first-order chi connectivity index (χ1) is 7.84. The summed E-state index contributed by atoms with van der Waals surface area (Å²) in [7, 11) is 0. The molecule has 0 bridgehead atoms. The summed E-state index contributed by atoms with van der Waals surface area (Å²) in [4.78, 5) is 0. The summed E-state index contributed by atoms with van der Waals surface area (Å²) < 4.78 is 5.30. The van der Waals surface area contributed by atoms with E-state index in [0.29, 0.717) is 5.58 Å². The van der Waals surface area contributed by atoms with Crippen LogP contribution in [0.1, 0.15) is 0 Å². The second-order valence-corrected chi connectivity index (χ2v) is 3.69. The molecular formula is C14H10O2. The molecule has 0 amide bonds. The van der Waals surface area contributed by atoms with Gasteiger partial charge in [-0.1, -0.05) is 30.3 Å². The van der Waals surface area contributed by atoms with Crippen LogP contribution in [0.3, 0.4) is 0 Å². The van der Waals surface area contributed by atoms with E-state index in [1.54, 1.807) is 18.4 Å².